The number of ether oxygens (including phenoxy) is 1. The molecule has 2 N–H and O–H groups in total. The number of rotatable bonds is 7. The van der Waals surface area contributed by atoms with E-state index in [0.717, 1.165) is 19.5 Å². The van der Waals surface area contributed by atoms with Crippen molar-refractivity contribution in [2.75, 3.05) is 20.2 Å². The Morgan fingerprint density at radius 3 is 2.40 bits per heavy atom. The van der Waals surface area contributed by atoms with Crippen LogP contribution in [-0.2, 0) is 9.53 Å². The highest BCUT2D eigenvalue weighted by Crippen LogP contribution is 2.03. The number of methoxy groups -OCH3 is 1. The Kier molecular flexibility index (Phi) is 7.34. The number of nitrogens with zero attached hydrogens (tertiary/aromatic N) is 1. The lowest BCUT2D eigenvalue weighted by Gasteiger charge is -2.26. The van der Waals surface area contributed by atoms with Gasteiger partial charge in [0.2, 0.25) is 0 Å². The zero-order chi connectivity index (χ0) is 11.8. The van der Waals surface area contributed by atoms with E-state index in [1.165, 1.54) is 7.11 Å². The first kappa shape index (κ1) is 14.4. The van der Waals surface area contributed by atoms with Crippen LogP contribution in [0.2, 0.25) is 0 Å². The van der Waals surface area contributed by atoms with Gasteiger partial charge in [0.15, 0.2) is 0 Å². The molecule has 1 unspecified atom stereocenters. The average molecular weight is 216 g/mol. The first-order valence-electron chi connectivity index (χ1n) is 5.60. The highest BCUT2D eigenvalue weighted by molar-refractivity contribution is 5.75. The molecule has 0 aromatic rings. The summed E-state index contributed by atoms with van der Waals surface area (Å²) in [6, 6.07) is 0.00269. The minimum atomic E-state index is -0.492. The summed E-state index contributed by atoms with van der Waals surface area (Å²) in [6.07, 6.45) is 1.77. The first-order chi connectivity index (χ1) is 7.02. The number of carbonyl (C=O) groups excluding carboxylic acids is 1. The van der Waals surface area contributed by atoms with E-state index in [1.54, 1.807) is 0 Å². The molecule has 0 saturated heterocycles. The second-order valence-electron chi connectivity index (χ2n) is 4.05. The summed E-state index contributed by atoms with van der Waals surface area (Å²) in [6.45, 7) is 8.35. The Morgan fingerprint density at radius 2 is 2.00 bits per heavy atom. The Bertz CT molecular complexity index is 183. The molecule has 0 aliphatic rings. The number of hydrogen-bond acceptors (Lipinski definition) is 4. The minimum absolute atomic E-state index is 0.324. The summed E-state index contributed by atoms with van der Waals surface area (Å²) in [4.78, 5) is 13.4. The summed E-state index contributed by atoms with van der Waals surface area (Å²) in [5.74, 6) is -0.324. The highest BCUT2D eigenvalue weighted by atomic mass is 16.5. The monoisotopic (exact) mass is 216 g/mol. The molecular weight excluding hydrogens is 192 g/mol. The van der Waals surface area contributed by atoms with Gasteiger partial charge in [-0.15, -0.1) is 0 Å². The highest BCUT2D eigenvalue weighted by Gasteiger charge is 2.16. The van der Waals surface area contributed by atoms with Gasteiger partial charge in [0, 0.05) is 12.6 Å². The van der Waals surface area contributed by atoms with Crippen molar-refractivity contribution in [3.05, 3.63) is 0 Å². The van der Waals surface area contributed by atoms with Crippen LogP contribution in [0, 0.1) is 0 Å². The summed E-state index contributed by atoms with van der Waals surface area (Å²) < 4.78 is 4.58. The van der Waals surface area contributed by atoms with Gasteiger partial charge in [-0.25, -0.2) is 0 Å². The SMILES string of the molecule is CCCN(CCC(N)C(=O)OC)C(C)C. The van der Waals surface area contributed by atoms with Crippen LogP contribution in [0.15, 0.2) is 0 Å². The number of esters is 1. The maximum absolute atomic E-state index is 11.1. The van der Waals surface area contributed by atoms with Crippen LogP contribution in [0.25, 0.3) is 0 Å². The third kappa shape index (κ3) is 5.74. The van der Waals surface area contributed by atoms with Gasteiger partial charge in [-0.2, -0.15) is 0 Å². The van der Waals surface area contributed by atoms with Crippen molar-refractivity contribution in [2.24, 2.45) is 5.73 Å². The number of carbonyl (C=O) groups is 1. The molecule has 4 heteroatoms. The lowest BCUT2D eigenvalue weighted by Crippen LogP contribution is -2.39. The van der Waals surface area contributed by atoms with Crippen molar-refractivity contribution >= 4 is 5.97 Å². The largest absolute Gasteiger partial charge is 0.468 e. The molecular formula is C11H24N2O2. The second-order valence-corrected chi connectivity index (χ2v) is 4.05. The molecule has 1 atom stereocenters. The maximum atomic E-state index is 11.1. The minimum Gasteiger partial charge on any atom is -0.468 e. The zero-order valence-electron chi connectivity index (χ0n) is 10.3. The first-order valence-corrected chi connectivity index (χ1v) is 5.60. The van der Waals surface area contributed by atoms with E-state index < -0.39 is 6.04 Å². The molecule has 0 saturated carbocycles. The zero-order valence-corrected chi connectivity index (χ0v) is 10.3. The van der Waals surface area contributed by atoms with Crippen molar-refractivity contribution in [3.63, 3.8) is 0 Å². The fraction of sp³-hybridized carbons (Fsp3) is 0.909. The van der Waals surface area contributed by atoms with Gasteiger partial charge in [0.05, 0.1) is 7.11 Å². The molecule has 0 radical (unpaired) electrons. The second kappa shape index (κ2) is 7.65. The summed E-state index contributed by atoms with van der Waals surface area (Å²) in [5, 5.41) is 0. The summed E-state index contributed by atoms with van der Waals surface area (Å²) in [5.41, 5.74) is 5.67. The van der Waals surface area contributed by atoms with E-state index in [2.05, 4.69) is 30.4 Å². The standard InChI is InChI=1S/C11H24N2O2/c1-5-7-13(9(2)3)8-6-10(12)11(14)15-4/h9-10H,5-8,12H2,1-4H3. The van der Waals surface area contributed by atoms with Crippen molar-refractivity contribution < 1.29 is 9.53 Å². The van der Waals surface area contributed by atoms with Gasteiger partial charge in [-0.05, 0) is 33.2 Å². The predicted octanol–water partition coefficient (Wildman–Crippen LogP) is 0.997. The maximum Gasteiger partial charge on any atom is 0.322 e. The van der Waals surface area contributed by atoms with E-state index in [1.807, 2.05) is 0 Å². The molecule has 0 aromatic carbocycles. The third-order valence-corrected chi connectivity index (χ3v) is 2.47. The Balaban J connectivity index is 3.93. The van der Waals surface area contributed by atoms with Crippen LogP contribution < -0.4 is 5.73 Å². The van der Waals surface area contributed by atoms with E-state index >= 15 is 0 Å². The molecule has 0 spiro atoms. The topological polar surface area (TPSA) is 55.6 Å². The molecule has 0 fully saturated rings. The Morgan fingerprint density at radius 1 is 1.40 bits per heavy atom. The fourth-order valence-corrected chi connectivity index (χ4v) is 1.49. The van der Waals surface area contributed by atoms with E-state index in [4.69, 9.17) is 5.73 Å². The van der Waals surface area contributed by atoms with Crippen molar-refractivity contribution in [2.45, 2.75) is 45.7 Å². The molecule has 0 amide bonds. The molecule has 90 valence electrons. The Labute approximate surface area is 92.8 Å². The molecule has 4 nitrogen and oxygen atoms in total. The fourth-order valence-electron chi connectivity index (χ4n) is 1.49. The van der Waals surface area contributed by atoms with E-state index in [-0.39, 0.29) is 5.97 Å². The average Bonchev–Trinajstić information content (AvgIpc) is 2.21. The van der Waals surface area contributed by atoms with Crippen molar-refractivity contribution in [1.29, 1.82) is 0 Å². The quantitative estimate of drug-likeness (QED) is 0.645. The molecule has 0 aromatic heterocycles. The normalized spacial score (nSPS) is 13.3. The molecule has 0 aliphatic carbocycles. The summed E-state index contributed by atoms with van der Waals surface area (Å²) >= 11 is 0. The van der Waals surface area contributed by atoms with Crippen LogP contribution in [0.5, 0.6) is 0 Å². The van der Waals surface area contributed by atoms with Gasteiger partial charge in [0.1, 0.15) is 6.04 Å². The molecule has 0 bridgehead atoms. The Hall–Kier alpha value is -0.610. The predicted molar refractivity (Wildman–Crippen MR) is 61.6 cm³/mol. The molecule has 0 rings (SSSR count). The molecule has 15 heavy (non-hydrogen) atoms. The number of hydrogen-bond donors (Lipinski definition) is 1. The van der Waals surface area contributed by atoms with E-state index in [9.17, 15) is 4.79 Å². The lowest BCUT2D eigenvalue weighted by atomic mass is 10.2. The van der Waals surface area contributed by atoms with Gasteiger partial charge in [0.25, 0.3) is 0 Å². The van der Waals surface area contributed by atoms with Gasteiger partial charge in [-0.3, -0.25) is 4.79 Å². The van der Waals surface area contributed by atoms with Crippen LogP contribution in [0.1, 0.15) is 33.6 Å². The molecule has 0 heterocycles. The lowest BCUT2D eigenvalue weighted by molar-refractivity contribution is -0.142. The van der Waals surface area contributed by atoms with Gasteiger partial charge < -0.3 is 15.4 Å². The van der Waals surface area contributed by atoms with Crippen LogP contribution >= 0.6 is 0 Å². The van der Waals surface area contributed by atoms with Crippen molar-refractivity contribution in [3.8, 4) is 0 Å². The smallest absolute Gasteiger partial charge is 0.322 e. The van der Waals surface area contributed by atoms with Crippen LogP contribution in [0.4, 0.5) is 0 Å². The van der Waals surface area contributed by atoms with Crippen LogP contribution in [0.3, 0.4) is 0 Å². The summed E-state index contributed by atoms with van der Waals surface area (Å²) in [7, 11) is 1.37. The molecule has 0 aliphatic heterocycles. The van der Waals surface area contributed by atoms with Crippen LogP contribution in [-0.4, -0.2) is 43.2 Å². The van der Waals surface area contributed by atoms with Gasteiger partial charge in [-0.1, -0.05) is 6.92 Å². The van der Waals surface area contributed by atoms with Crippen molar-refractivity contribution in [1.82, 2.24) is 4.90 Å². The third-order valence-electron chi connectivity index (χ3n) is 2.47. The number of nitrogens with two attached hydrogens (primary N) is 1. The van der Waals surface area contributed by atoms with E-state index in [0.29, 0.717) is 12.5 Å². The van der Waals surface area contributed by atoms with Gasteiger partial charge >= 0.3 is 5.97 Å².